The van der Waals surface area contributed by atoms with Crippen molar-refractivity contribution in [2.45, 2.75) is 405 Å². The number of rotatable bonds is 66. The molecule has 0 bridgehead atoms. The molecule has 0 fully saturated rings. The van der Waals surface area contributed by atoms with Gasteiger partial charge in [-0.15, -0.1) is 0 Å². The molecule has 0 aromatic rings. The lowest BCUT2D eigenvalue weighted by atomic mass is 10.0. The first-order valence-corrected chi connectivity index (χ1v) is 35.1. The van der Waals surface area contributed by atoms with Gasteiger partial charge in [-0.1, -0.05) is 346 Å². The molecule has 77 heavy (non-hydrogen) atoms. The smallest absolute Gasteiger partial charge is 0.305 e. The van der Waals surface area contributed by atoms with Crippen molar-refractivity contribution in [1.29, 1.82) is 0 Å². The Hall–Kier alpha value is -1.66. The van der Waals surface area contributed by atoms with Gasteiger partial charge in [0.2, 0.25) is 5.91 Å². The molecular weight excluding hydrogens is 947 g/mol. The van der Waals surface area contributed by atoms with Crippen molar-refractivity contribution in [1.82, 2.24) is 5.32 Å². The summed E-state index contributed by atoms with van der Waals surface area (Å²) >= 11 is 0. The van der Waals surface area contributed by atoms with Gasteiger partial charge >= 0.3 is 5.97 Å². The maximum Gasteiger partial charge on any atom is 0.305 e. The lowest BCUT2D eigenvalue weighted by Crippen LogP contribution is -2.45. The number of nitrogens with one attached hydrogen (secondary N) is 1. The zero-order chi connectivity index (χ0) is 55.7. The van der Waals surface area contributed by atoms with Crippen LogP contribution < -0.4 is 5.32 Å². The number of carbonyl (C=O) groups excluding carboxylic acids is 2. The Morgan fingerprint density at radius 3 is 1.00 bits per heavy atom. The van der Waals surface area contributed by atoms with Crippen molar-refractivity contribution < 1.29 is 24.5 Å². The van der Waals surface area contributed by atoms with E-state index in [0.29, 0.717) is 25.9 Å². The first-order chi connectivity index (χ1) is 38.0. The summed E-state index contributed by atoms with van der Waals surface area (Å²) in [5.41, 5.74) is 0. The normalized spacial score (nSPS) is 12.6. The van der Waals surface area contributed by atoms with E-state index < -0.39 is 12.1 Å². The van der Waals surface area contributed by atoms with Crippen molar-refractivity contribution in [3.05, 3.63) is 24.3 Å². The standard InChI is InChI=1S/C71H137NO5/c1-3-5-7-9-11-13-15-17-19-20-34-37-41-45-49-53-57-61-65-71(76)77-66-62-58-54-50-46-42-38-35-32-30-28-26-24-22-21-23-25-27-29-31-33-36-40-44-48-52-56-60-64-70(75)72-68(67-73)69(74)63-59-55-51-47-43-39-18-16-14-12-10-8-6-4-2/h13,15,19-20,68-69,73-74H,3-12,14,16-18,21-67H2,1-2H3,(H,72,75)/b15-13-,20-19-. The molecule has 0 radical (unpaired) electrons. The number of ether oxygens (including phenoxy) is 1. The van der Waals surface area contributed by atoms with Gasteiger partial charge < -0.3 is 20.3 Å². The van der Waals surface area contributed by atoms with Crippen LogP contribution >= 0.6 is 0 Å². The molecule has 3 N–H and O–H groups in total. The summed E-state index contributed by atoms with van der Waals surface area (Å²) in [5.74, 6) is -0.0173. The van der Waals surface area contributed by atoms with Crippen LogP contribution in [0.5, 0.6) is 0 Å². The fraction of sp³-hybridized carbons (Fsp3) is 0.915. The second-order valence-electron chi connectivity index (χ2n) is 24.2. The molecule has 0 heterocycles. The highest BCUT2D eigenvalue weighted by molar-refractivity contribution is 5.76. The van der Waals surface area contributed by atoms with Crippen LogP contribution in [0.4, 0.5) is 0 Å². The summed E-state index contributed by atoms with van der Waals surface area (Å²) in [6.45, 7) is 4.97. The average molecular weight is 1080 g/mol. The summed E-state index contributed by atoms with van der Waals surface area (Å²) < 4.78 is 5.50. The Morgan fingerprint density at radius 1 is 0.364 bits per heavy atom. The van der Waals surface area contributed by atoms with Crippen molar-refractivity contribution in [3.63, 3.8) is 0 Å². The number of aliphatic hydroxyl groups excluding tert-OH is 2. The molecular formula is C71H137NO5. The van der Waals surface area contributed by atoms with Crippen LogP contribution in [0.25, 0.3) is 0 Å². The molecule has 0 aromatic heterocycles. The number of carbonyl (C=O) groups is 2. The van der Waals surface area contributed by atoms with Crippen molar-refractivity contribution in [3.8, 4) is 0 Å². The van der Waals surface area contributed by atoms with E-state index >= 15 is 0 Å². The van der Waals surface area contributed by atoms with Gasteiger partial charge in [-0.05, 0) is 57.8 Å². The highest BCUT2D eigenvalue weighted by atomic mass is 16.5. The van der Waals surface area contributed by atoms with Gasteiger partial charge in [-0.2, -0.15) is 0 Å². The monoisotopic (exact) mass is 1080 g/mol. The average Bonchev–Trinajstić information content (AvgIpc) is 3.43. The topological polar surface area (TPSA) is 95.9 Å². The van der Waals surface area contributed by atoms with Crippen molar-refractivity contribution in [2.24, 2.45) is 0 Å². The third-order valence-electron chi connectivity index (χ3n) is 16.5. The first-order valence-electron chi connectivity index (χ1n) is 35.1. The van der Waals surface area contributed by atoms with E-state index in [9.17, 15) is 19.8 Å². The number of amides is 1. The fourth-order valence-corrected chi connectivity index (χ4v) is 11.1. The van der Waals surface area contributed by atoms with Crippen molar-refractivity contribution in [2.75, 3.05) is 13.2 Å². The number of allylic oxidation sites excluding steroid dienone is 4. The van der Waals surface area contributed by atoms with Gasteiger partial charge in [0.25, 0.3) is 0 Å². The summed E-state index contributed by atoms with van der Waals surface area (Å²) in [6.07, 6.45) is 83.7. The molecule has 2 unspecified atom stereocenters. The summed E-state index contributed by atoms with van der Waals surface area (Å²) in [4.78, 5) is 24.6. The third kappa shape index (κ3) is 63.4. The van der Waals surface area contributed by atoms with Gasteiger partial charge in [-0.3, -0.25) is 9.59 Å². The Bertz CT molecular complexity index is 1200. The van der Waals surface area contributed by atoms with E-state index in [-0.39, 0.29) is 18.5 Å². The van der Waals surface area contributed by atoms with Crippen LogP contribution in [-0.4, -0.2) is 47.4 Å². The molecule has 0 aliphatic heterocycles. The van der Waals surface area contributed by atoms with Crippen LogP contribution in [0.2, 0.25) is 0 Å². The molecule has 6 heteroatoms. The predicted octanol–water partition coefficient (Wildman–Crippen LogP) is 22.5. The minimum Gasteiger partial charge on any atom is -0.466 e. The zero-order valence-electron chi connectivity index (χ0n) is 52.2. The Labute approximate surface area is 481 Å². The van der Waals surface area contributed by atoms with Crippen LogP contribution in [0.15, 0.2) is 24.3 Å². The molecule has 0 spiro atoms. The van der Waals surface area contributed by atoms with E-state index in [1.165, 1.54) is 308 Å². The van der Waals surface area contributed by atoms with E-state index in [0.717, 1.165) is 51.4 Å². The molecule has 2 atom stereocenters. The summed E-state index contributed by atoms with van der Waals surface area (Å²) in [6, 6.07) is -0.538. The SMILES string of the molecule is CCCCCC/C=C\C/C=C\CCCCCCCCCC(=O)OCCCCCCCCCCCCCCCCCCCCCCCCCCCCCCC(=O)NC(CO)C(O)CCCCCCCCCCCCCCCC. The number of hydrogen-bond donors (Lipinski definition) is 3. The molecule has 0 saturated heterocycles. The van der Waals surface area contributed by atoms with Crippen LogP contribution in [-0.2, 0) is 14.3 Å². The second-order valence-corrected chi connectivity index (χ2v) is 24.2. The van der Waals surface area contributed by atoms with Crippen molar-refractivity contribution >= 4 is 11.9 Å². The molecule has 0 saturated carbocycles. The van der Waals surface area contributed by atoms with E-state index in [1.807, 2.05) is 0 Å². The van der Waals surface area contributed by atoms with Crippen LogP contribution in [0.3, 0.4) is 0 Å². The lowest BCUT2D eigenvalue weighted by molar-refractivity contribution is -0.143. The Morgan fingerprint density at radius 2 is 0.649 bits per heavy atom. The number of aliphatic hydroxyl groups is 2. The van der Waals surface area contributed by atoms with Gasteiger partial charge in [0.1, 0.15) is 0 Å². The quantitative estimate of drug-likeness (QED) is 0.0320. The second kappa shape index (κ2) is 66.8. The summed E-state index contributed by atoms with van der Waals surface area (Å²) in [7, 11) is 0. The van der Waals surface area contributed by atoms with Crippen LogP contribution in [0, 0.1) is 0 Å². The maximum absolute atomic E-state index is 12.5. The summed E-state index contributed by atoms with van der Waals surface area (Å²) in [5, 5.41) is 23.3. The molecule has 1 amide bonds. The number of unbranched alkanes of at least 4 members (excludes halogenated alkanes) is 51. The Kier molecular flexibility index (Phi) is 65.4. The minimum absolute atomic E-state index is 0.0121. The van der Waals surface area contributed by atoms with Gasteiger partial charge in [0, 0.05) is 12.8 Å². The molecule has 0 rings (SSSR count). The molecule has 0 aliphatic rings. The highest BCUT2D eigenvalue weighted by Gasteiger charge is 2.20. The first kappa shape index (κ1) is 75.3. The number of esters is 1. The molecule has 0 aromatic carbocycles. The van der Waals surface area contributed by atoms with E-state index in [2.05, 4.69) is 43.5 Å². The largest absolute Gasteiger partial charge is 0.466 e. The minimum atomic E-state index is -0.661. The molecule has 6 nitrogen and oxygen atoms in total. The molecule has 0 aliphatic carbocycles. The fourth-order valence-electron chi connectivity index (χ4n) is 11.1. The number of hydrogen-bond acceptors (Lipinski definition) is 5. The predicted molar refractivity (Wildman–Crippen MR) is 338 cm³/mol. The lowest BCUT2D eigenvalue weighted by Gasteiger charge is -2.22. The zero-order valence-corrected chi connectivity index (χ0v) is 52.2. The van der Waals surface area contributed by atoms with E-state index in [1.54, 1.807) is 0 Å². The van der Waals surface area contributed by atoms with Crippen LogP contribution in [0.1, 0.15) is 393 Å². The Balaban J connectivity index is 3.33. The third-order valence-corrected chi connectivity index (χ3v) is 16.5. The van der Waals surface area contributed by atoms with Gasteiger partial charge in [0.05, 0.1) is 25.4 Å². The molecule has 456 valence electrons. The highest BCUT2D eigenvalue weighted by Crippen LogP contribution is 2.19. The maximum atomic E-state index is 12.5. The van der Waals surface area contributed by atoms with Gasteiger partial charge in [-0.25, -0.2) is 0 Å². The van der Waals surface area contributed by atoms with Gasteiger partial charge in [0.15, 0.2) is 0 Å². The van der Waals surface area contributed by atoms with E-state index in [4.69, 9.17) is 4.74 Å².